The minimum atomic E-state index is -3.43. The normalized spacial score (nSPS) is 22.2. The van der Waals surface area contributed by atoms with E-state index in [0.29, 0.717) is 22.9 Å². The molecule has 1 aliphatic rings. The van der Waals surface area contributed by atoms with Gasteiger partial charge in [0, 0.05) is 20.2 Å². The lowest BCUT2D eigenvalue weighted by molar-refractivity contribution is 0.0572. The Kier molecular flexibility index (Phi) is 4.39. The van der Waals surface area contributed by atoms with Crippen molar-refractivity contribution in [3.8, 4) is 0 Å². The highest BCUT2D eigenvalue weighted by molar-refractivity contribution is 7.91. The van der Waals surface area contributed by atoms with Gasteiger partial charge in [0.25, 0.3) is 10.0 Å². The molecule has 1 aromatic heterocycles. The van der Waals surface area contributed by atoms with E-state index < -0.39 is 10.0 Å². The van der Waals surface area contributed by atoms with Crippen LogP contribution < -0.4 is 0 Å². The number of nitrogens with zero attached hydrogens (tertiary/aromatic N) is 1. The van der Waals surface area contributed by atoms with Crippen LogP contribution in [-0.4, -0.2) is 44.1 Å². The van der Waals surface area contributed by atoms with E-state index in [-0.39, 0.29) is 12.7 Å². The van der Waals surface area contributed by atoms with Crippen molar-refractivity contribution >= 4 is 21.4 Å². The Bertz CT molecular complexity index is 497. The van der Waals surface area contributed by atoms with Gasteiger partial charge >= 0.3 is 0 Å². The van der Waals surface area contributed by atoms with Crippen molar-refractivity contribution in [1.82, 2.24) is 4.31 Å². The van der Waals surface area contributed by atoms with Gasteiger partial charge in [0.05, 0.1) is 12.7 Å². The lowest BCUT2D eigenvalue weighted by Crippen LogP contribution is -2.42. The number of piperidine rings is 1. The number of aliphatic hydroxyl groups is 1. The molecule has 0 amide bonds. The fourth-order valence-electron chi connectivity index (χ4n) is 2.01. The summed E-state index contributed by atoms with van der Waals surface area (Å²) in [5, 5.41) is 10.7. The summed E-state index contributed by atoms with van der Waals surface area (Å²) < 4.78 is 31.8. The number of sulfonamides is 1. The summed E-state index contributed by atoms with van der Waals surface area (Å²) in [6.45, 7) is 0.812. The Morgan fingerprint density at radius 1 is 1.61 bits per heavy atom. The van der Waals surface area contributed by atoms with Crippen LogP contribution in [0.25, 0.3) is 0 Å². The third kappa shape index (κ3) is 2.75. The second kappa shape index (κ2) is 5.66. The summed E-state index contributed by atoms with van der Waals surface area (Å²) in [6, 6.07) is 1.54. The summed E-state index contributed by atoms with van der Waals surface area (Å²) >= 11 is 1.15. The van der Waals surface area contributed by atoms with Crippen molar-refractivity contribution in [2.45, 2.75) is 29.8 Å². The third-order valence-electron chi connectivity index (χ3n) is 3.08. The largest absolute Gasteiger partial charge is 0.392 e. The molecule has 1 fully saturated rings. The van der Waals surface area contributed by atoms with Crippen molar-refractivity contribution in [3.05, 3.63) is 17.0 Å². The molecule has 1 atom stereocenters. The van der Waals surface area contributed by atoms with E-state index in [2.05, 4.69) is 0 Å². The van der Waals surface area contributed by atoms with Crippen molar-refractivity contribution in [3.63, 3.8) is 0 Å². The minimum absolute atomic E-state index is 0.0224. The van der Waals surface area contributed by atoms with E-state index in [4.69, 9.17) is 9.84 Å². The third-order valence-corrected chi connectivity index (χ3v) is 6.41. The first-order valence-corrected chi connectivity index (χ1v) is 8.11. The Morgan fingerprint density at radius 3 is 3.00 bits per heavy atom. The van der Waals surface area contributed by atoms with E-state index >= 15 is 0 Å². The molecular formula is C11H17NO4S2. The van der Waals surface area contributed by atoms with Gasteiger partial charge in [-0.2, -0.15) is 4.31 Å². The fraction of sp³-hybridized carbons (Fsp3) is 0.636. The second-order valence-electron chi connectivity index (χ2n) is 4.30. The van der Waals surface area contributed by atoms with E-state index in [9.17, 15) is 8.42 Å². The number of ether oxygens (including phenoxy) is 1. The molecule has 1 unspecified atom stereocenters. The number of rotatable bonds is 4. The van der Waals surface area contributed by atoms with Gasteiger partial charge in [-0.05, 0) is 29.9 Å². The van der Waals surface area contributed by atoms with Gasteiger partial charge in [-0.25, -0.2) is 8.42 Å². The Morgan fingerprint density at radius 2 is 2.39 bits per heavy atom. The van der Waals surface area contributed by atoms with Crippen LogP contribution in [0.3, 0.4) is 0 Å². The molecular weight excluding hydrogens is 274 g/mol. The maximum Gasteiger partial charge on any atom is 0.252 e. The molecule has 1 saturated heterocycles. The molecule has 1 aliphatic heterocycles. The number of hydrogen-bond acceptors (Lipinski definition) is 5. The zero-order valence-electron chi connectivity index (χ0n) is 10.2. The summed E-state index contributed by atoms with van der Waals surface area (Å²) in [5.41, 5.74) is 0.638. The average Bonchev–Trinajstić information content (AvgIpc) is 2.88. The molecule has 0 aromatic carbocycles. The van der Waals surface area contributed by atoms with Crippen LogP contribution in [0.1, 0.15) is 18.4 Å². The Balaban J connectivity index is 2.19. The highest BCUT2D eigenvalue weighted by Crippen LogP contribution is 2.26. The van der Waals surface area contributed by atoms with Crippen LogP contribution in [0.2, 0.25) is 0 Å². The van der Waals surface area contributed by atoms with Crippen LogP contribution in [0.5, 0.6) is 0 Å². The average molecular weight is 291 g/mol. The first-order chi connectivity index (χ1) is 8.57. The summed E-state index contributed by atoms with van der Waals surface area (Å²) in [5.74, 6) is 0. The molecule has 18 heavy (non-hydrogen) atoms. The summed E-state index contributed by atoms with van der Waals surface area (Å²) in [7, 11) is -1.83. The van der Waals surface area contributed by atoms with Crippen LogP contribution in [0.4, 0.5) is 0 Å². The molecule has 1 aromatic rings. The van der Waals surface area contributed by atoms with Gasteiger partial charge in [0.1, 0.15) is 4.21 Å². The molecule has 5 nitrogen and oxygen atoms in total. The maximum absolute atomic E-state index is 12.4. The fourth-order valence-corrected chi connectivity index (χ4v) is 4.88. The molecule has 2 rings (SSSR count). The van der Waals surface area contributed by atoms with Crippen molar-refractivity contribution < 1.29 is 18.3 Å². The van der Waals surface area contributed by atoms with Crippen LogP contribution in [-0.2, 0) is 21.4 Å². The number of methoxy groups -OCH3 is 1. The first kappa shape index (κ1) is 14.0. The second-order valence-corrected chi connectivity index (χ2v) is 7.37. The topological polar surface area (TPSA) is 66.8 Å². The summed E-state index contributed by atoms with van der Waals surface area (Å²) in [6.07, 6.45) is 1.69. The maximum atomic E-state index is 12.4. The molecule has 0 aliphatic carbocycles. The van der Waals surface area contributed by atoms with Crippen LogP contribution in [0, 0.1) is 0 Å². The molecule has 0 saturated carbocycles. The van der Waals surface area contributed by atoms with E-state index in [0.717, 1.165) is 24.2 Å². The van der Waals surface area contributed by atoms with Gasteiger partial charge in [0.15, 0.2) is 0 Å². The molecule has 2 heterocycles. The van der Waals surface area contributed by atoms with E-state index in [1.165, 1.54) is 10.4 Å². The number of thiophene rings is 1. The predicted molar refractivity (Wildman–Crippen MR) is 69.0 cm³/mol. The van der Waals surface area contributed by atoms with Gasteiger partial charge in [0.2, 0.25) is 0 Å². The quantitative estimate of drug-likeness (QED) is 0.900. The van der Waals surface area contributed by atoms with Gasteiger partial charge in [-0.3, -0.25) is 0 Å². The molecule has 7 heteroatoms. The molecule has 0 radical (unpaired) electrons. The molecule has 102 valence electrons. The minimum Gasteiger partial charge on any atom is -0.392 e. The van der Waals surface area contributed by atoms with Crippen LogP contribution >= 0.6 is 11.3 Å². The lowest BCUT2D eigenvalue weighted by Gasteiger charge is -2.30. The molecule has 0 bridgehead atoms. The van der Waals surface area contributed by atoms with Crippen molar-refractivity contribution in [2.75, 3.05) is 20.2 Å². The zero-order valence-corrected chi connectivity index (χ0v) is 11.8. The molecule has 1 N–H and O–H groups in total. The lowest BCUT2D eigenvalue weighted by atomic mass is 10.1. The monoisotopic (exact) mass is 291 g/mol. The first-order valence-electron chi connectivity index (χ1n) is 5.79. The van der Waals surface area contributed by atoms with Crippen molar-refractivity contribution in [1.29, 1.82) is 0 Å². The molecule has 0 spiro atoms. The summed E-state index contributed by atoms with van der Waals surface area (Å²) in [4.78, 5) is 0. The standard InChI is InChI=1S/C11H17NO4S2/c1-16-10-3-2-4-12(6-10)18(14,15)11-5-9(7-13)8-17-11/h5,8,10,13H,2-4,6-7H2,1H3. The van der Waals surface area contributed by atoms with Gasteiger partial charge in [-0.15, -0.1) is 11.3 Å². The van der Waals surface area contributed by atoms with Crippen LogP contribution in [0.15, 0.2) is 15.7 Å². The SMILES string of the molecule is COC1CCCN(S(=O)(=O)c2cc(CO)cs2)C1. The zero-order chi connectivity index (χ0) is 13.2. The van der Waals surface area contributed by atoms with Crippen molar-refractivity contribution in [2.24, 2.45) is 0 Å². The van der Waals surface area contributed by atoms with E-state index in [1.54, 1.807) is 12.5 Å². The van der Waals surface area contributed by atoms with Gasteiger partial charge in [-0.1, -0.05) is 0 Å². The highest BCUT2D eigenvalue weighted by atomic mass is 32.2. The smallest absolute Gasteiger partial charge is 0.252 e. The van der Waals surface area contributed by atoms with Gasteiger partial charge < -0.3 is 9.84 Å². The highest BCUT2D eigenvalue weighted by Gasteiger charge is 2.31. The Hall–Kier alpha value is -0.470. The predicted octanol–water partition coefficient (Wildman–Crippen LogP) is 1.04. The number of aliphatic hydroxyl groups excluding tert-OH is 1. The Labute approximate surface area is 111 Å². The number of hydrogen-bond donors (Lipinski definition) is 1. The van der Waals surface area contributed by atoms with E-state index in [1.807, 2.05) is 0 Å².